The second-order valence-electron chi connectivity index (χ2n) is 7.59. The van der Waals surface area contributed by atoms with Gasteiger partial charge in [-0.05, 0) is 80.9 Å². The fourth-order valence-corrected chi connectivity index (χ4v) is 4.46. The van der Waals surface area contributed by atoms with Crippen LogP contribution in [0, 0.1) is 6.07 Å². The van der Waals surface area contributed by atoms with Crippen LogP contribution >= 0.6 is 31.9 Å². The van der Waals surface area contributed by atoms with E-state index in [0.717, 1.165) is 31.2 Å². The Kier molecular flexibility index (Phi) is 6.07. The van der Waals surface area contributed by atoms with E-state index in [1.807, 2.05) is 0 Å². The smallest absolute Gasteiger partial charge is 0.0175 e. The Morgan fingerprint density at radius 1 is 0.406 bits per heavy atom. The van der Waals surface area contributed by atoms with Crippen LogP contribution in [0.15, 0.2) is 124 Å². The molecule has 5 aromatic rings. The Hall–Kier alpha value is -2.94. The van der Waals surface area contributed by atoms with Crippen molar-refractivity contribution in [2.45, 2.75) is 0 Å². The zero-order valence-electron chi connectivity index (χ0n) is 17.2. The molecule has 0 nitrogen and oxygen atoms in total. The van der Waals surface area contributed by atoms with Gasteiger partial charge in [-0.3, -0.25) is 0 Å². The maximum atomic E-state index is 3.82. The summed E-state index contributed by atoms with van der Waals surface area (Å²) < 4.78 is 2.13. The first-order chi connectivity index (χ1) is 15.7. The van der Waals surface area contributed by atoms with Gasteiger partial charge in [0.05, 0.1) is 0 Å². The second kappa shape index (κ2) is 9.28. The fraction of sp³-hybridized carbons (Fsp3) is 0. The van der Waals surface area contributed by atoms with Crippen LogP contribution in [0.3, 0.4) is 0 Å². The molecule has 0 aliphatic heterocycles. The molecular weight excluding hydrogens is 520 g/mol. The van der Waals surface area contributed by atoms with Crippen molar-refractivity contribution in [3.8, 4) is 44.5 Å². The van der Waals surface area contributed by atoms with Crippen molar-refractivity contribution in [2.75, 3.05) is 0 Å². The number of halogens is 2. The van der Waals surface area contributed by atoms with E-state index in [4.69, 9.17) is 0 Å². The molecular formula is C30H19Br2. The lowest BCUT2D eigenvalue weighted by atomic mass is 9.86. The summed E-state index contributed by atoms with van der Waals surface area (Å²) in [7, 11) is 0. The summed E-state index contributed by atoms with van der Waals surface area (Å²) in [5.41, 5.74) is 9.19. The van der Waals surface area contributed by atoms with Crippen LogP contribution in [0.2, 0.25) is 0 Å². The summed E-state index contributed by atoms with van der Waals surface area (Å²) in [6.07, 6.45) is 0. The monoisotopic (exact) mass is 537 g/mol. The van der Waals surface area contributed by atoms with E-state index in [0.29, 0.717) is 0 Å². The van der Waals surface area contributed by atoms with Crippen molar-refractivity contribution in [2.24, 2.45) is 0 Å². The number of hydrogen-bond donors (Lipinski definition) is 0. The Balaban J connectivity index is 1.83. The molecule has 0 aliphatic rings. The van der Waals surface area contributed by atoms with Gasteiger partial charge in [0.25, 0.3) is 0 Å². The molecule has 1 radical (unpaired) electrons. The molecule has 0 N–H and O–H groups in total. The minimum atomic E-state index is 1.07. The summed E-state index contributed by atoms with van der Waals surface area (Å²) in [5.74, 6) is 0. The Bertz CT molecular complexity index is 1230. The van der Waals surface area contributed by atoms with Gasteiger partial charge in [0.2, 0.25) is 0 Å². The number of benzene rings is 5. The van der Waals surface area contributed by atoms with Gasteiger partial charge in [-0.25, -0.2) is 0 Å². The highest BCUT2D eigenvalue weighted by Gasteiger charge is 2.16. The third-order valence-corrected chi connectivity index (χ3v) is 6.57. The van der Waals surface area contributed by atoms with Crippen LogP contribution in [-0.2, 0) is 0 Å². The molecule has 0 amide bonds. The summed E-state index contributed by atoms with van der Waals surface area (Å²) in [6, 6.07) is 44.2. The molecule has 0 heterocycles. The number of rotatable bonds is 4. The van der Waals surface area contributed by atoms with E-state index in [1.54, 1.807) is 0 Å². The van der Waals surface area contributed by atoms with Gasteiger partial charge in [-0.2, -0.15) is 0 Å². The predicted octanol–water partition coefficient (Wildman–Crippen LogP) is 9.68. The molecule has 0 saturated carbocycles. The van der Waals surface area contributed by atoms with E-state index in [9.17, 15) is 0 Å². The van der Waals surface area contributed by atoms with Crippen molar-refractivity contribution in [3.63, 3.8) is 0 Å². The molecule has 153 valence electrons. The van der Waals surface area contributed by atoms with Crippen molar-refractivity contribution >= 4 is 31.9 Å². The average Bonchev–Trinajstić information content (AvgIpc) is 2.85. The lowest BCUT2D eigenvalue weighted by Gasteiger charge is -2.18. The minimum Gasteiger partial charge on any atom is -0.0622 e. The van der Waals surface area contributed by atoms with Gasteiger partial charge >= 0.3 is 0 Å². The summed E-state index contributed by atoms with van der Waals surface area (Å²) in [4.78, 5) is 0. The topological polar surface area (TPSA) is 0 Å². The molecule has 32 heavy (non-hydrogen) atoms. The lowest BCUT2D eigenvalue weighted by molar-refractivity contribution is 1.53. The molecule has 5 aromatic carbocycles. The van der Waals surface area contributed by atoms with Crippen LogP contribution in [0.4, 0.5) is 0 Å². The molecule has 5 rings (SSSR count). The van der Waals surface area contributed by atoms with Crippen LogP contribution in [0.1, 0.15) is 0 Å². The highest BCUT2D eigenvalue weighted by molar-refractivity contribution is 9.10. The summed E-state index contributed by atoms with van der Waals surface area (Å²) >= 11 is 7.13. The molecule has 0 aromatic heterocycles. The van der Waals surface area contributed by atoms with Crippen LogP contribution in [0.5, 0.6) is 0 Å². The van der Waals surface area contributed by atoms with E-state index >= 15 is 0 Å². The minimum absolute atomic E-state index is 1.07. The van der Waals surface area contributed by atoms with Gasteiger partial charge in [-0.15, -0.1) is 0 Å². The average molecular weight is 539 g/mol. The predicted molar refractivity (Wildman–Crippen MR) is 142 cm³/mol. The number of hydrogen-bond acceptors (Lipinski definition) is 0. The maximum absolute atomic E-state index is 3.82. The van der Waals surface area contributed by atoms with Crippen molar-refractivity contribution in [1.29, 1.82) is 0 Å². The quantitative estimate of drug-likeness (QED) is 0.213. The molecule has 0 atom stereocenters. The van der Waals surface area contributed by atoms with Crippen molar-refractivity contribution in [1.82, 2.24) is 0 Å². The first-order valence-electron chi connectivity index (χ1n) is 10.4. The highest BCUT2D eigenvalue weighted by atomic mass is 79.9. The summed E-state index contributed by atoms with van der Waals surface area (Å²) in [5, 5.41) is 0. The van der Waals surface area contributed by atoms with E-state index < -0.39 is 0 Å². The standard InChI is InChI=1S/C30H19Br2/c31-25-15-11-23(12-16-25)29-20-30(24-13-17-26(32)18-14-24)28(22-9-5-2-6-10-22)19-27(29)21-7-3-1-4-8-21/h1-19H. The van der Waals surface area contributed by atoms with Gasteiger partial charge in [-0.1, -0.05) is 117 Å². The maximum Gasteiger partial charge on any atom is 0.0175 e. The van der Waals surface area contributed by atoms with Gasteiger partial charge in [0.15, 0.2) is 0 Å². The molecule has 0 fully saturated rings. The first-order valence-corrected chi connectivity index (χ1v) is 12.0. The van der Waals surface area contributed by atoms with E-state index in [1.165, 1.54) is 22.3 Å². The van der Waals surface area contributed by atoms with E-state index in [-0.39, 0.29) is 0 Å². The van der Waals surface area contributed by atoms with Gasteiger partial charge in [0.1, 0.15) is 0 Å². The highest BCUT2D eigenvalue weighted by Crippen LogP contribution is 2.41. The van der Waals surface area contributed by atoms with Crippen LogP contribution in [-0.4, -0.2) is 0 Å². The molecule has 0 saturated heterocycles. The SMILES string of the molecule is Brc1ccc(-c2[c]c(-c3ccc(Br)cc3)c(-c3ccccc3)cc2-c2ccccc2)cc1. The van der Waals surface area contributed by atoms with Gasteiger partial charge < -0.3 is 0 Å². The van der Waals surface area contributed by atoms with Crippen molar-refractivity contribution < 1.29 is 0 Å². The van der Waals surface area contributed by atoms with Crippen molar-refractivity contribution in [3.05, 3.63) is 130 Å². The molecule has 0 spiro atoms. The zero-order valence-corrected chi connectivity index (χ0v) is 20.4. The van der Waals surface area contributed by atoms with E-state index in [2.05, 4.69) is 153 Å². The third-order valence-electron chi connectivity index (χ3n) is 5.51. The molecule has 0 unspecified atom stereocenters. The largest absolute Gasteiger partial charge is 0.0622 e. The molecule has 2 heteroatoms. The lowest BCUT2D eigenvalue weighted by Crippen LogP contribution is -1.93. The van der Waals surface area contributed by atoms with Crippen LogP contribution < -0.4 is 0 Å². The Labute approximate surface area is 205 Å². The van der Waals surface area contributed by atoms with Gasteiger partial charge in [0, 0.05) is 8.95 Å². The normalized spacial score (nSPS) is 10.8. The third kappa shape index (κ3) is 4.34. The molecule has 0 aliphatic carbocycles. The first kappa shape index (κ1) is 20.9. The fourth-order valence-electron chi connectivity index (χ4n) is 3.93. The summed E-state index contributed by atoms with van der Waals surface area (Å²) in [6.45, 7) is 0. The Morgan fingerprint density at radius 3 is 1.16 bits per heavy atom. The van der Waals surface area contributed by atoms with Crippen LogP contribution in [0.25, 0.3) is 44.5 Å². The molecule has 0 bridgehead atoms. The zero-order chi connectivity index (χ0) is 21.9. The Morgan fingerprint density at radius 2 is 0.781 bits per heavy atom. The second-order valence-corrected chi connectivity index (χ2v) is 9.42.